The summed E-state index contributed by atoms with van der Waals surface area (Å²) in [7, 11) is 0. The lowest BCUT2D eigenvalue weighted by molar-refractivity contribution is -0.143. The summed E-state index contributed by atoms with van der Waals surface area (Å²) in [6, 6.07) is 10.9. The second-order valence-electron chi connectivity index (χ2n) is 8.56. The second-order valence-corrected chi connectivity index (χ2v) is 8.56. The highest BCUT2D eigenvalue weighted by atomic mass is 16.5. The predicted octanol–water partition coefficient (Wildman–Crippen LogP) is 4.03. The summed E-state index contributed by atoms with van der Waals surface area (Å²) in [5.41, 5.74) is 0.711. The van der Waals surface area contributed by atoms with Gasteiger partial charge in [0.1, 0.15) is 11.3 Å². The van der Waals surface area contributed by atoms with Crippen LogP contribution in [0.5, 0.6) is 5.75 Å². The van der Waals surface area contributed by atoms with E-state index >= 15 is 0 Å². The number of aliphatic carboxylic acids is 1. The van der Waals surface area contributed by atoms with E-state index in [1.807, 2.05) is 18.2 Å². The smallest absolute Gasteiger partial charge is 0.344 e. The second kappa shape index (κ2) is 9.02. The number of amides is 1. The third-order valence-corrected chi connectivity index (χ3v) is 6.42. The molecule has 1 atom stereocenters. The van der Waals surface area contributed by atoms with E-state index in [0.29, 0.717) is 41.7 Å². The maximum atomic E-state index is 12.6. The standard InChI is InChI=1S/C25H27NO6/c1-14-21(12-11-19-18-5-3-4-6-20(18)25(30)32-22(14)19)31-15(2)23(27)26-13-16-7-9-17(10-8-16)24(28)29/h3-6,11-12,15-17H,7-10,13H2,1-2H3,(H,26,27)(H,28,29)/t15-,16?,17?/m0/s1. The van der Waals surface area contributed by atoms with Crippen LogP contribution in [0, 0.1) is 18.8 Å². The number of carboxylic acids is 1. The van der Waals surface area contributed by atoms with Crippen LogP contribution in [0.15, 0.2) is 45.6 Å². The molecule has 168 valence electrons. The van der Waals surface area contributed by atoms with Crippen molar-refractivity contribution in [2.45, 2.75) is 45.6 Å². The fourth-order valence-electron chi connectivity index (χ4n) is 4.43. The molecule has 1 amide bonds. The van der Waals surface area contributed by atoms with Crippen LogP contribution in [0.3, 0.4) is 0 Å². The number of fused-ring (bicyclic) bond motifs is 3. The van der Waals surface area contributed by atoms with Crippen LogP contribution in [0.4, 0.5) is 0 Å². The molecule has 1 aliphatic rings. The Balaban J connectivity index is 1.43. The molecule has 32 heavy (non-hydrogen) atoms. The minimum Gasteiger partial charge on any atom is -0.481 e. The summed E-state index contributed by atoms with van der Waals surface area (Å²) in [5.74, 6) is -0.460. The van der Waals surface area contributed by atoms with Crippen LogP contribution in [0.25, 0.3) is 21.7 Å². The van der Waals surface area contributed by atoms with Gasteiger partial charge in [-0.05, 0) is 69.0 Å². The van der Waals surface area contributed by atoms with Gasteiger partial charge in [-0.1, -0.05) is 18.2 Å². The van der Waals surface area contributed by atoms with E-state index in [1.165, 1.54) is 0 Å². The summed E-state index contributed by atoms with van der Waals surface area (Å²) < 4.78 is 11.5. The number of carbonyl (C=O) groups is 2. The number of aryl methyl sites for hydroxylation is 1. The topological polar surface area (TPSA) is 106 Å². The lowest BCUT2D eigenvalue weighted by atomic mass is 9.82. The minimum atomic E-state index is -0.732. The SMILES string of the molecule is Cc1c(O[C@@H](C)C(=O)NCC2CCC(C(=O)O)CC2)ccc2c1oc(=O)c1ccccc12. The highest BCUT2D eigenvalue weighted by molar-refractivity contribution is 6.05. The van der Waals surface area contributed by atoms with Crippen LogP contribution in [0.1, 0.15) is 38.2 Å². The molecular formula is C25H27NO6. The Morgan fingerprint density at radius 3 is 2.47 bits per heavy atom. The first-order valence-electron chi connectivity index (χ1n) is 11.0. The summed E-state index contributed by atoms with van der Waals surface area (Å²) in [6.07, 6.45) is 2.16. The van der Waals surface area contributed by atoms with Crippen molar-refractivity contribution in [1.29, 1.82) is 0 Å². The van der Waals surface area contributed by atoms with Crippen molar-refractivity contribution in [2.24, 2.45) is 11.8 Å². The molecule has 0 radical (unpaired) electrons. The van der Waals surface area contributed by atoms with Crippen LogP contribution >= 0.6 is 0 Å². The van der Waals surface area contributed by atoms with E-state index in [4.69, 9.17) is 14.3 Å². The van der Waals surface area contributed by atoms with Gasteiger partial charge in [-0.25, -0.2) is 4.79 Å². The molecule has 0 spiro atoms. The van der Waals surface area contributed by atoms with Gasteiger partial charge in [-0.15, -0.1) is 0 Å². The molecule has 0 unspecified atom stereocenters. The van der Waals surface area contributed by atoms with E-state index in [1.54, 1.807) is 32.0 Å². The van der Waals surface area contributed by atoms with Crippen molar-refractivity contribution >= 4 is 33.6 Å². The molecule has 2 N–H and O–H groups in total. The summed E-state index contributed by atoms with van der Waals surface area (Å²) in [4.78, 5) is 36.0. The molecule has 0 saturated heterocycles. The van der Waals surface area contributed by atoms with Crippen LogP contribution in [0.2, 0.25) is 0 Å². The van der Waals surface area contributed by atoms with Crippen LogP contribution in [-0.4, -0.2) is 29.6 Å². The minimum absolute atomic E-state index is 0.232. The number of rotatable bonds is 6. The van der Waals surface area contributed by atoms with Crippen molar-refractivity contribution in [1.82, 2.24) is 5.32 Å². The van der Waals surface area contributed by atoms with Gasteiger partial charge in [0.15, 0.2) is 6.10 Å². The molecule has 4 rings (SSSR count). The van der Waals surface area contributed by atoms with Gasteiger partial charge in [0.25, 0.3) is 5.91 Å². The van der Waals surface area contributed by atoms with Crippen molar-refractivity contribution in [3.05, 3.63) is 52.4 Å². The Morgan fingerprint density at radius 1 is 1.09 bits per heavy atom. The number of carboxylic acid groups (broad SMARTS) is 1. The van der Waals surface area contributed by atoms with Crippen molar-refractivity contribution in [3.8, 4) is 5.75 Å². The summed E-state index contributed by atoms with van der Waals surface area (Å²) in [6.45, 7) is 3.99. The Morgan fingerprint density at radius 2 is 1.78 bits per heavy atom. The fourth-order valence-corrected chi connectivity index (χ4v) is 4.43. The van der Waals surface area contributed by atoms with E-state index in [-0.39, 0.29) is 17.7 Å². The fraction of sp³-hybridized carbons (Fsp3) is 0.400. The Labute approximate surface area is 185 Å². The van der Waals surface area contributed by atoms with E-state index in [0.717, 1.165) is 23.6 Å². The maximum absolute atomic E-state index is 12.6. The van der Waals surface area contributed by atoms with E-state index in [9.17, 15) is 14.4 Å². The monoisotopic (exact) mass is 437 g/mol. The highest BCUT2D eigenvalue weighted by Gasteiger charge is 2.26. The van der Waals surface area contributed by atoms with Gasteiger partial charge in [0.05, 0.1) is 11.3 Å². The van der Waals surface area contributed by atoms with E-state index < -0.39 is 17.7 Å². The lowest BCUT2D eigenvalue weighted by Gasteiger charge is -2.26. The van der Waals surface area contributed by atoms with Crippen molar-refractivity contribution in [3.63, 3.8) is 0 Å². The average molecular weight is 437 g/mol. The molecule has 1 aromatic heterocycles. The van der Waals surface area contributed by atoms with Gasteiger partial charge >= 0.3 is 11.6 Å². The van der Waals surface area contributed by atoms with Gasteiger partial charge in [0, 0.05) is 17.5 Å². The molecule has 1 aliphatic carbocycles. The average Bonchev–Trinajstić information content (AvgIpc) is 2.80. The molecule has 1 fully saturated rings. The Hall–Kier alpha value is -3.35. The van der Waals surface area contributed by atoms with Crippen molar-refractivity contribution < 1.29 is 23.8 Å². The molecule has 0 aliphatic heterocycles. The molecule has 1 heterocycles. The summed E-state index contributed by atoms with van der Waals surface area (Å²) in [5, 5.41) is 14.2. The molecule has 3 aromatic rings. The molecule has 1 saturated carbocycles. The number of carbonyl (C=O) groups excluding carboxylic acids is 1. The first-order chi connectivity index (χ1) is 15.3. The zero-order chi connectivity index (χ0) is 22.8. The molecule has 7 heteroatoms. The van der Waals surface area contributed by atoms with E-state index in [2.05, 4.69) is 5.32 Å². The zero-order valence-corrected chi connectivity index (χ0v) is 18.2. The first kappa shape index (κ1) is 21.9. The molecule has 7 nitrogen and oxygen atoms in total. The molecule has 2 aromatic carbocycles. The normalized spacial score (nSPS) is 19.6. The number of nitrogens with one attached hydrogen (secondary N) is 1. The number of hydrogen-bond acceptors (Lipinski definition) is 5. The quantitative estimate of drug-likeness (QED) is 0.446. The lowest BCUT2D eigenvalue weighted by Crippen LogP contribution is -2.39. The Kier molecular flexibility index (Phi) is 6.17. The number of hydrogen-bond donors (Lipinski definition) is 2. The Bertz CT molecular complexity index is 1220. The number of benzene rings is 2. The zero-order valence-electron chi connectivity index (χ0n) is 18.2. The molecule has 0 bridgehead atoms. The highest BCUT2D eigenvalue weighted by Crippen LogP contribution is 2.31. The van der Waals surface area contributed by atoms with Gasteiger partial charge in [0.2, 0.25) is 0 Å². The maximum Gasteiger partial charge on any atom is 0.344 e. The van der Waals surface area contributed by atoms with Crippen molar-refractivity contribution in [2.75, 3.05) is 6.54 Å². The third kappa shape index (κ3) is 4.33. The predicted molar refractivity (Wildman–Crippen MR) is 121 cm³/mol. The number of ether oxygens (including phenoxy) is 1. The van der Waals surface area contributed by atoms with Gasteiger partial charge < -0.3 is 19.6 Å². The first-order valence-corrected chi connectivity index (χ1v) is 11.0. The largest absolute Gasteiger partial charge is 0.481 e. The van der Waals surface area contributed by atoms with Gasteiger partial charge in [-0.3, -0.25) is 9.59 Å². The van der Waals surface area contributed by atoms with Gasteiger partial charge in [-0.2, -0.15) is 0 Å². The third-order valence-electron chi connectivity index (χ3n) is 6.42. The molecular weight excluding hydrogens is 410 g/mol. The van der Waals surface area contributed by atoms with Crippen LogP contribution in [-0.2, 0) is 9.59 Å². The van der Waals surface area contributed by atoms with Crippen LogP contribution < -0.4 is 15.7 Å². The summed E-state index contributed by atoms with van der Waals surface area (Å²) >= 11 is 0.